The molecule has 1 aliphatic heterocycles. The van der Waals surface area contributed by atoms with E-state index < -0.39 is 6.23 Å². The van der Waals surface area contributed by atoms with Gasteiger partial charge in [0.05, 0.1) is 25.0 Å². The zero-order valence-electron chi connectivity index (χ0n) is 11.5. The number of imidazole rings is 1. The van der Waals surface area contributed by atoms with Crippen LogP contribution in [0.4, 0.5) is 11.8 Å². The molecule has 0 spiro atoms. The molecule has 0 amide bonds. The standard InChI is InChI=1S/C13H16N6O2/c1-3-7-4-8(5-20)21-12(7)19-6-16-9-10(15-2)17-13(14)18-11(9)19/h1,6-8,12,20H,4-5H2,2H3,(H3,14,15,17,18)/t7-,8?,12+/m0/s1. The van der Waals surface area contributed by atoms with Gasteiger partial charge in [-0.05, 0) is 6.42 Å². The van der Waals surface area contributed by atoms with Crippen molar-refractivity contribution in [3.63, 3.8) is 0 Å². The van der Waals surface area contributed by atoms with Crippen molar-refractivity contribution in [1.29, 1.82) is 0 Å². The van der Waals surface area contributed by atoms with E-state index in [0.717, 1.165) is 0 Å². The molecule has 0 radical (unpaired) electrons. The number of nitrogens with zero attached hydrogens (tertiary/aromatic N) is 4. The fourth-order valence-corrected chi connectivity index (χ4v) is 2.57. The van der Waals surface area contributed by atoms with E-state index in [1.165, 1.54) is 0 Å². The molecular weight excluding hydrogens is 272 g/mol. The van der Waals surface area contributed by atoms with Crippen molar-refractivity contribution in [2.75, 3.05) is 24.7 Å². The highest BCUT2D eigenvalue weighted by molar-refractivity contribution is 5.84. The van der Waals surface area contributed by atoms with Crippen LogP contribution in [0.1, 0.15) is 12.6 Å². The number of hydrogen-bond acceptors (Lipinski definition) is 7. The minimum absolute atomic E-state index is 0.0692. The van der Waals surface area contributed by atoms with Crippen LogP contribution >= 0.6 is 0 Å². The van der Waals surface area contributed by atoms with Crippen molar-refractivity contribution in [3.8, 4) is 12.3 Å². The summed E-state index contributed by atoms with van der Waals surface area (Å²) in [5.74, 6) is 3.23. The summed E-state index contributed by atoms with van der Waals surface area (Å²) < 4.78 is 7.53. The Hall–Kier alpha value is -2.37. The number of hydrogen-bond donors (Lipinski definition) is 3. The van der Waals surface area contributed by atoms with E-state index in [9.17, 15) is 5.11 Å². The largest absolute Gasteiger partial charge is 0.394 e. The summed E-state index contributed by atoms with van der Waals surface area (Å²) in [5.41, 5.74) is 6.87. The van der Waals surface area contributed by atoms with Crippen LogP contribution in [0.5, 0.6) is 0 Å². The summed E-state index contributed by atoms with van der Waals surface area (Å²) in [6.45, 7) is -0.0692. The van der Waals surface area contributed by atoms with Gasteiger partial charge in [0.1, 0.15) is 0 Å². The first-order valence-corrected chi connectivity index (χ1v) is 6.58. The van der Waals surface area contributed by atoms with Gasteiger partial charge >= 0.3 is 0 Å². The molecular formula is C13H16N6O2. The second-order valence-electron chi connectivity index (χ2n) is 4.84. The van der Waals surface area contributed by atoms with Crippen molar-refractivity contribution in [1.82, 2.24) is 19.5 Å². The van der Waals surface area contributed by atoms with Crippen molar-refractivity contribution >= 4 is 22.9 Å². The summed E-state index contributed by atoms with van der Waals surface area (Å²) in [6, 6.07) is 0. The van der Waals surface area contributed by atoms with Crippen LogP contribution in [0.3, 0.4) is 0 Å². The van der Waals surface area contributed by atoms with Gasteiger partial charge in [-0.2, -0.15) is 9.97 Å². The normalized spacial score (nSPS) is 25.1. The average molecular weight is 288 g/mol. The van der Waals surface area contributed by atoms with Gasteiger partial charge < -0.3 is 20.9 Å². The number of aliphatic hydroxyl groups excluding tert-OH is 1. The Kier molecular flexibility index (Phi) is 3.37. The molecule has 1 saturated heterocycles. The molecule has 2 aromatic heterocycles. The van der Waals surface area contributed by atoms with E-state index in [2.05, 4.69) is 26.2 Å². The summed E-state index contributed by atoms with van der Waals surface area (Å²) >= 11 is 0. The Morgan fingerprint density at radius 1 is 1.62 bits per heavy atom. The van der Waals surface area contributed by atoms with Crippen LogP contribution in [-0.4, -0.2) is 44.4 Å². The van der Waals surface area contributed by atoms with Gasteiger partial charge in [-0.15, -0.1) is 6.42 Å². The van der Waals surface area contributed by atoms with Gasteiger partial charge in [0.2, 0.25) is 5.95 Å². The average Bonchev–Trinajstić information content (AvgIpc) is 3.08. The van der Waals surface area contributed by atoms with Gasteiger partial charge in [0.15, 0.2) is 23.2 Å². The van der Waals surface area contributed by atoms with Crippen molar-refractivity contribution in [2.24, 2.45) is 5.92 Å². The summed E-state index contributed by atoms with van der Waals surface area (Å²) in [6.07, 6.45) is 7.06. The second-order valence-corrected chi connectivity index (χ2v) is 4.84. The maximum absolute atomic E-state index is 9.26. The second kappa shape index (κ2) is 5.20. The van der Waals surface area contributed by atoms with Crippen molar-refractivity contribution in [3.05, 3.63) is 6.33 Å². The third-order valence-corrected chi connectivity index (χ3v) is 3.56. The first-order chi connectivity index (χ1) is 10.2. The number of terminal acetylenes is 1. The zero-order valence-corrected chi connectivity index (χ0v) is 11.5. The topological polar surface area (TPSA) is 111 Å². The number of rotatable bonds is 3. The van der Waals surface area contributed by atoms with Gasteiger partial charge in [-0.3, -0.25) is 4.57 Å². The van der Waals surface area contributed by atoms with Crippen molar-refractivity contribution in [2.45, 2.75) is 18.8 Å². The Morgan fingerprint density at radius 2 is 2.43 bits per heavy atom. The highest BCUT2D eigenvalue weighted by atomic mass is 16.5. The lowest BCUT2D eigenvalue weighted by atomic mass is 10.0. The first kappa shape index (κ1) is 13.6. The SMILES string of the molecule is C#C[C@H]1CC(CO)O[C@H]1n1cnc2c(NC)nc(N)nc21. The van der Waals surface area contributed by atoms with Gasteiger partial charge in [-0.25, -0.2) is 4.98 Å². The van der Waals surface area contributed by atoms with Crippen LogP contribution in [-0.2, 0) is 4.74 Å². The minimum Gasteiger partial charge on any atom is -0.394 e. The molecule has 0 bridgehead atoms. The number of nitrogen functional groups attached to an aromatic ring is 1. The first-order valence-electron chi connectivity index (χ1n) is 6.58. The van der Waals surface area contributed by atoms with Crippen LogP contribution in [0.2, 0.25) is 0 Å². The molecule has 0 aliphatic carbocycles. The third-order valence-electron chi connectivity index (χ3n) is 3.56. The Bertz CT molecular complexity index is 706. The highest BCUT2D eigenvalue weighted by Crippen LogP contribution is 2.36. The van der Waals surface area contributed by atoms with Crippen LogP contribution < -0.4 is 11.1 Å². The fourth-order valence-electron chi connectivity index (χ4n) is 2.57. The number of ether oxygens (including phenoxy) is 1. The maximum Gasteiger partial charge on any atom is 0.224 e. The van der Waals surface area contributed by atoms with E-state index in [-0.39, 0.29) is 24.6 Å². The number of anilines is 2. The number of nitrogens with two attached hydrogens (primary N) is 1. The molecule has 3 atom stereocenters. The van der Waals surface area contributed by atoms with E-state index in [0.29, 0.717) is 23.4 Å². The molecule has 1 fully saturated rings. The van der Waals surface area contributed by atoms with E-state index >= 15 is 0 Å². The van der Waals surface area contributed by atoms with Crippen LogP contribution in [0, 0.1) is 18.3 Å². The molecule has 1 aliphatic rings. The molecule has 2 aromatic rings. The molecule has 0 aromatic carbocycles. The molecule has 21 heavy (non-hydrogen) atoms. The predicted molar refractivity (Wildman–Crippen MR) is 77.2 cm³/mol. The summed E-state index contributed by atoms with van der Waals surface area (Å²) in [5, 5.41) is 12.2. The predicted octanol–water partition coefficient (Wildman–Crippen LogP) is -0.0206. The van der Waals surface area contributed by atoms with E-state index in [1.54, 1.807) is 17.9 Å². The number of fused-ring (bicyclic) bond motifs is 1. The summed E-state index contributed by atoms with van der Waals surface area (Å²) in [7, 11) is 1.73. The summed E-state index contributed by atoms with van der Waals surface area (Å²) in [4.78, 5) is 12.6. The van der Waals surface area contributed by atoms with Gasteiger partial charge in [0.25, 0.3) is 0 Å². The van der Waals surface area contributed by atoms with Crippen molar-refractivity contribution < 1.29 is 9.84 Å². The number of aromatic nitrogens is 4. The van der Waals surface area contributed by atoms with Gasteiger partial charge in [-0.1, -0.05) is 5.92 Å². The molecule has 4 N–H and O–H groups in total. The molecule has 8 heteroatoms. The smallest absolute Gasteiger partial charge is 0.224 e. The van der Waals surface area contributed by atoms with Crippen LogP contribution in [0.25, 0.3) is 11.2 Å². The lowest BCUT2D eigenvalue weighted by Gasteiger charge is -2.16. The minimum atomic E-state index is -0.420. The highest BCUT2D eigenvalue weighted by Gasteiger charge is 2.36. The van der Waals surface area contributed by atoms with E-state index in [1.807, 2.05) is 0 Å². The number of nitrogens with one attached hydrogen (secondary N) is 1. The van der Waals surface area contributed by atoms with E-state index in [4.69, 9.17) is 16.9 Å². The monoisotopic (exact) mass is 288 g/mol. The fraction of sp³-hybridized carbons (Fsp3) is 0.462. The van der Waals surface area contributed by atoms with Crippen LogP contribution in [0.15, 0.2) is 6.33 Å². The molecule has 3 heterocycles. The zero-order chi connectivity index (χ0) is 15.0. The molecule has 8 nitrogen and oxygen atoms in total. The maximum atomic E-state index is 9.26. The Morgan fingerprint density at radius 3 is 3.10 bits per heavy atom. The Balaban J connectivity index is 2.09. The third kappa shape index (κ3) is 2.16. The lowest BCUT2D eigenvalue weighted by Crippen LogP contribution is -2.16. The van der Waals surface area contributed by atoms with Gasteiger partial charge in [0, 0.05) is 7.05 Å². The quantitative estimate of drug-likeness (QED) is 0.680. The molecule has 1 unspecified atom stereocenters. The molecule has 3 rings (SSSR count). The number of aliphatic hydroxyl groups is 1. The Labute approximate surface area is 121 Å². The molecule has 110 valence electrons. The molecule has 0 saturated carbocycles. The lowest BCUT2D eigenvalue weighted by molar-refractivity contribution is -0.0262.